The lowest BCUT2D eigenvalue weighted by Gasteiger charge is -2.11. The highest BCUT2D eigenvalue weighted by atomic mass is 15.2. The summed E-state index contributed by atoms with van der Waals surface area (Å²) in [4.78, 5) is 10.4. The second-order valence-corrected chi connectivity index (χ2v) is 10.7. The van der Waals surface area contributed by atoms with Gasteiger partial charge in [-0.2, -0.15) is 0 Å². The molecule has 0 saturated carbocycles. The van der Waals surface area contributed by atoms with Crippen molar-refractivity contribution in [3.05, 3.63) is 146 Å². The molecule has 5 aromatic carbocycles. The monoisotopic (exact) mass is 536 g/mol. The van der Waals surface area contributed by atoms with Crippen molar-refractivity contribution in [2.45, 2.75) is 0 Å². The van der Waals surface area contributed by atoms with Crippen molar-refractivity contribution in [2.24, 2.45) is 0 Å². The summed E-state index contributed by atoms with van der Waals surface area (Å²) in [6, 6.07) is 51.1. The molecule has 42 heavy (non-hydrogen) atoms. The Balaban J connectivity index is 1.45. The van der Waals surface area contributed by atoms with Gasteiger partial charge in [0.1, 0.15) is 0 Å². The maximum absolute atomic E-state index is 5.21. The van der Waals surface area contributed by atoms with E-state index in [0.717, 1.165) is 39.1 Å². The van der Waals surface area contributed by atoms with Gasteiger partial charge in [0.25, 0.3) is 0 Å². The first-order valence-electron chi connectivity index (χ1n) is 14.2. The summed E-state index contributed by atoms with van der Waals surface area (Å²) in [5, 5.41) is 4.89. The van der Waals surface area contributed by atoms with Crippen LogP contribution >= 0.6 is 0 Å². The highest BCUT2D eigenvalue weighted by molar-refractivity contribution is 6.19. The molecule has 196 valence electrons. The molecule has 0 unspecified atom stereocenters. The largest absolute Gasteiger partial charge is 0.306 e. The molecule has 0 fully saturated rings. The lowest BCUT2D eigenvalue weighted by molar-refractivity contribution is 0.996. The van der Waals surface area contributed by atoms with Gasteiger partial charge in [-0.25, -0.2) is 9.97 Å². The van der Waals surface area contributed by atoms with E-state index in [2.05, 4.69) is 142 Å². The van der Waals surface area contributed by atoms with Crippen LogP contribution in [-0.2, 0) is 0 Å². The zero-order valence-corrected chi connectivity index (χ0v) is 22.6. The van der Waals surface area contributed by atoms with Gasteiger partial charge in [0.2, 0.25) is 5.95 Å². The van der Waals surface area contributed by atoms with Crippen molar-refractivity contribution >= 4 is 49.1 Å². The normalized spacial score (nSPS) is 11.8. The fourth-order valence-electron chi connectivity index (χ4n) is 6.47. The molecule has 0 aliphatic rings. The minimum atomic E-state index is 0.658. The van der Waals surface area contributed by atoms with E-state index in [1.54, 1.807) is 0 Å². The van der Waals surface area contributed by atoms with Gasteiger partial charge < -0.3 is 4.40 Å². The lowest BCUT2D eigenvalue weighted by Crippen LogP contribution is -2.03. The average molecular weight is 537 g/mol. The first kappa shape index (κ1) is 23.0. The fourth-order valence-corrected chi connectivity index (χ4v) is 6.47. The molecule has 4 heteroatoms. The number of aromatic nitrogens is 4. The maximum Gasteiger partial charge on any atom is 0.235 e. The molecule has 4 heterocycles. The molecule has 0 saturated heterocycles. The number of rotatable bonds is 3. The summed E-state index contributed by atoms with van der Waals surface area (Å²) >= 11 is 0. The third kappa shape index (κ3) is 3.29. The van der Waals surface area contributed by atoms with E-state index in [-0.39, 0.29) is 0 Å². The smallest absolute Gasteiger partial charge is 0.235 e. The SMILES string of the molecule is c1ccc(-c2cc(-c3ccccc3)nc(-n3c4ccccc4c4c3cc3c5ccccc5c5ccccc5n34)n2)cc1. The van der Waals surface area contributed by atoms with Crippen LogP contribution in [0.2, 0.25) is 0 Å². The fraction of sp³-hybridized carbons (Fsp3) is 0. The second-order valence-electron chi connectivity index (χ2n) is 10.7. The van der Waals surface area contributed by atoms with Gasteiger partial charge in [-0.05, 0) is 29.7 Å². The Bertz CT molecular complexity index is 2390. The summed E-state index contributed by atoms with van der Waals surface area (Å²) < 4.78 is 4.66. The Morgan fingerprint density at radius 2 is 0.881 bits per heavy atom. The van der Waals surface area contributed by atoms with Crippen molar-refractivity contribution in [1.82, 2.24) is 18.9 Å². The van der Waals surface area contributed by atoms with E-state index in [1.807, 2.05) is 12.1 Å². The van der Waals surface area contributed by atoms with Gasteiger partial charge in [0, 0.05) is 27.3 Å². The minimum Gasteiger partial charge on any atom is -0.306 e. The molecular formula is C38H24N4. The highest BCUT2D eigenvalue weighted by Gasteiger charge is 2.21. The van der Waals surface area contributed by atoms with E-state index < -0.39 is 0 Å². The van der Waals surface area contributed by atoms with Gasteiger partial charge in [-0.3, -0.25) is 4.57 Å². The van der Waals surface area contributed by atoms with Crippen molar-refractivity contribution in [1.29, 1.82) is 0 Å². The van der Waals surface area contributed by atoms with Crippen LogP contribution in [0.5, 0.6) is 0 Å². The van der Waals surface area contributed by atoms with Crippen LogP contribution in [0.3, 0.4) is 0 Å². The molecule has 0 radical (unpaired) electrons. The number of fused-ring (bicyclic) bond motifs is 10. The van der Waals surface area contributed by atoms with E-state index in [0.29, 0.717) is 5.95 Å². The molecule has 0 aliphatic heterocycles. The molecule has 0 amide bonds. The Kier molecular flexibility index (Phi) is 4.87. The van der Waals surface area contributed by atoms with Crippen LogP contribution in [0, 0.1) is 0 Å². The van der Waals surface area contributed by atoms with Crippen LogP contribution < -0.4 is 0 Å². The van der Waals surface area contributed by atoms with Crippen molar-refractivity contribution in [3.63, 3.8) is 0 Å². The summed E-state index contributed by atoms with van der Waals surface area (Å²) in [7, 11) is 0. The van der Waals surface area contributed by atoms with Gasteiger partial charge >= 0.3 is 0 Å². The van der Waals surface area contributed by atoms with Gasteiger partial charge in [0.05, 0.1) is 39.0 Å². The Morgan fingerprint density at radius 3 is 1.52 bits per heavy atom. The molecule has 4 nitrogen and oxygen atoms in total. The number of pyridine rings is 1. The minimum absolute atomic E-state index is 0.658. The predicted molar refractivity (Wildman–Crippen MR) is 173 cm³/mol. The zero-order valence-electron chi connectivity index (χ0n) is 22.6. The Morgan fingerprint density at radius 1 is 0.381 bits per heavy atom. The van der Waals surface area contributed by atoms with Crippen molar-refractivity contribution < 1.29 is 0 Å². The molecular weight excluding hydrogens is 512 g/mol. The molecule has 9 rings (SSSR count). The van der Waals surface area contributed by atoms with Gasteiger partial charge in [0.15, 0.2) is 0 Å². The lowest BCUT2D eigenvalue weighted by atomic mass is 10.1. The number of nitrogens with zero attached hydrogens (tertiary/aromatic N) is 4. The molecule has 0 spiro atoms. The van der Waals surface area contributed by atoms with Crippen LogP contribution in [0.1, 0.15) is 0 Å². The van der Waals surface area contributed by atoms with E-state index >= 15 is 0 Å². The number of hydrogen-bond acceptors (Lipinski definition) is 2. The standard InChI is InChI=1S/C38H24N4/c1-3-13-25(14-4-1)31-23-32(26-15-5-2-6-16-26)40-38(39-31)42-34-22-12-10-20-30(34)37-36(42)24-35-29-19-8-7-17-27(29)28-18-9-11-21-33(28)41(35)37/h1-24H. The quantitative estimate of drug-likeness (QED) is 0.211. The summed E-state index contributed by atoms with van der Waals surface area (Å²) in [6.07, 6.45) is 0. The summed E-state index contributed by atoms with van der Waals surface area (Å²) in [5.74, 6) is 0.658. The average Bonchev–Trinajstić information content (AvgIpc) is 3.61. The van der Waals surface area contributed by atoms with Crippen LogP contribution in [0.25, 0.3) is 77.6 Å². The Hall–Kier alpha value is -5.74. The second kappa shape index (κ2) is 8.88. The summed E-state index contributed by atoms with van der Waals surface area (Å²) in [6.45, 7) is 0. The maximum atomic E-state index is 5.21. The first-order chi connectivity index (χ1) is 20.8. The first-order valence-corrected chi connectivity index (χ1v) is 14.2. The van der Waals surface area contributed by atoms with Crippen LogP contribution in [-0.4, -0.2) is 18.9 Å². The van der Waals surface area contributed by atoms with E-state index in [4.69, 9.17) is 9.97 Å². The third-order valence-electron chi connectivity index (χ3n) is 8.31. The predicted octanol–water partition coefficient (Wildman–Crippen LogP) is 9.47. The Labute approximate surface area is 241 Å². The molecule has 0 atom stereocenters. The van der Waals surface area contributed by atoms with E-state index in [1.165, 1.54) is 32.6 Å². The molecule has 4 aromatic heterocycles. The van der Waals surface area contributed by atoms with Crippen molar-refractivity contribution in [2.75, 3.05) is 0 Å². The number of para-hydroxylation sites is 2. The zero-order chi connectivity index (χ0) is 27.6. The molecule has 9 aromatic rings. The van der Waals surface area contributed by atoms with Gasteiger partial charge in [-0.15, -0.1) is 0 Å². The van der Waals surface area contributed by atoms with Crippen LogP contribution in [0.4, 0.5) is 0 Å². The van der Waals surface area contributed by atoms with Crippen LogP contribution in [0.15, 0.2) is 146 Å². The third-order valence-corrected chi connectivity index (χ3v) is 8.31. The number of hydrogen-bond donors (Lipinski definition) is 0. The van der Waals surface area contributed by atoms with Gasteiger partial charge in [-0.1, -0.05) is 121 Å². The van der Waals surface area contributed by atoms with E-state index in [9.17, 15) is 0 Å². The number of benzene rings is 5. The molecule has 0 aliphatic carbocycles. The topological polar surface area (TPSA) is 35.1 Å². The van der Waals surface area contributed by atoms with Crippen molar-refractivity contribution in [3.8, 4) is 28.5 Å². The molecule has 0 bridgehead atoms. The highest BCUT2D eigenvalue weighted by Crippen LogP contribution is 2.39. The summed E-state index contributed by atoms with van der Waals surface area (Å²) in [5.41, 5.74) is 9.60. The molecule has 0 N–H and O–H groups in total.